The lowest BCUT2D eigenvalue weighted by atomic mass is 9.66. The minimum Gasteiger partial charge on any atom is -0.393 e. The maximum atomic E-state index is 9.73. The Morgan fingerprint density at radius 1 is 1.00 bits per heavy atom. The summed E-state index contributed by atoms with van der Waals surface area (Å²) in [6, 6.07) is 0.712. The van der Waals surface area contributed by atoms with Gasteiger partial charge < -0.3 is 19.5 Å². The van der Waals surface area contributed by atoms with Crippen LogP contribution in [0.4, 0.5) is 0 Å². The summed E-state index contributed by atoms with van der Waals surface area (Å²) >= 11 is 0. The molecule has 0 aromatic heterocycles. The highest BCUT2D eigenvalue weighted by atomic mass is 16.7. The number of fused-ring (bicyclic) bond motifs is 2. The molecule has 2 heterocycles. The van der Waals surface area contributed by atoms with Gasteiger partial charge in [0.05, 0.1) is 18.3 Å². The second-order valence-corrected chi connectivity index (χ2v) is 8.17. The largest absolute Gasteiger partial charge is 0.393 e. The summed E-state index contributed by atoms with van der Waals surface area (Å²) in [5.74, 6) is 2.43. The van der Waals surface area contributed by atoms with Gasteiger partial charge in [-0.05, 0) is 82.7 Å². The SMILES string of the molecule is CN1CCC2CC3OCOC3CC2C1CC1CCC(O)CC1. The number of aliphatic hydroxyl groups excluding tert-OH is 1. The zero-order valence-electron chi connectivity index (χ0n) is 13.8. The molecule has 4 rings (SSSR count). The molecule has 0 bridgehead atoms. The van der Waals surface area contributed by atoms with E-state index in [4.69, 9.17) is 9.47 Å². The number of hydrogen-bond acceptors (Lipinski definition) is 4. The summed E-state index contributed by atoms with van der Waals surface area (Å²) in [5, 5.41) is 9.73. The molecule has 5 atom stereocenters. The summed E-state index contributed by atoms with van der Waals surface area (Å²) in [4.78, 5) is 2.61. The predicted molar refractivity (Wildman–Crippen MR) is 84.4 cm³/mol. The molecule has 0 aromatic rings. The Balaban J connectivity index is 1.42. The molecule has 2 saturated carbocycles. The molecule has 4 fully saturated rings. The van der Waals surface area contributed by atoms with E-state index in [0.29, 0.717) is 25.0 Å². The highest BCUT2D eigenvalue weighted by Gasteiger charge is 2.47. The minimum atomic E-state index is -0.0347. The third-order valence-corrected chi connectivity index (χ3v) is 6.93. The summed E-state index contributed by atoms with van der Waals surface area (Å²) in [6.45, 7) is 1.75. The number of rotatable bonds is 2. The molecule has 0 radical (unpaired) electrons. The first kappa shape index (κ1) is 15.4. The van der Waals surface area contributed by atoms with E-state index in [1.807, 2.05) is 0 Å². The number of likely N-dealkylation sites (tertiary alicyclic amines) is 1. The molecule has 2 aliphatic heterocycles. The Kier molecular flexibility index (Phi) is 4.46. The second kappa shape index (κ2) is 6.39. The molecule has 126 valence electrons. The van der Waals surface area contributed by atoms with Crippen LogP contribution >= 0.6 is 0 Å². The summed E-state index contributed by atoms with van der Waals surface area (Å²) in [5.41, 5.74) is 0. The Labute approximate surface area is 134 Å². The second-order valence-electron chi connectivity index (χ2n) is 8.17. The van der Waals surface area contributed by atoms with Crippen LogP contribution in [-0.4, -0.2) is 54.7 Å². The topological polar surface area (TPSA) is 41.9 Å². The molecule has 4 heteroatoms. The van der Waals surface area contributed by atoms with Crippen molar-refractivity contribution in [3.05, 3.63) is 0 Å². The molecule has 0 aromatic carbocycles. The van der Waals surface area contributed by atoms with Crippen LogP contribution in [0, 0.1) is 17.8 Å². The Bertz CT molecular complexity index is 383. The number of nitrogens with zero attached hydrogens (tertiary/aromatic N) is 1. The van der Waals surface area contributed by atoms with Crippen molar-refractivity contribution >= 4 is 0 Å². The third-order valence-electron chi connectivity index (χ3n) is 6.93. The summed E-state index contributed by atoms with van der Waals surface area (Å²) in [7, 11) is 2.32. The minimum absolute atomic E-state index is 0.0347. The van der Waals surface area contributed by atoms with Crippen LogP contribution in [0.2, 0.25) is 0 Å². The van der Waals surface area contributed by atoms with Gasteiger partial charge in [-0.15, -0.1) is 0 Å². The quantitative estimate of drug-likeness (QED) is 0.850. The van der Waals surface area contributed by atoms with Gasteiger partial charge in [-0.3, -0.25) is 0 Å². The summed E-state index contributed by atoms with van der Waals surface area (Å²) in [6.07, 6.45) is 10.2. The van der Waals surface area contributed by atoms with Crippen molar-refractivity contribution in [1.29, 1.82) is 0 Å². The van der Waals surface area contributed by atoms with E-state index in [9.17, 15) is 5.11 Å². The highest BCUT2D eigenvalue weighted by molar-refractivity contribution is 4.98. The van der Waals surface area contributed by atoms with Gasteiger partial charge in [-0.25, -0.2) is 0 Å². The lowest BCUT2D eigenvalue weighted by molar-refractivity contribution is -0.0359. The standard InChI is InChI=1S/C18H31NO3/c1-19-7-6-13-9-17-18(22-11-21-17)10-15(13)16(19)8-12-2-4-14(20)5-3-12/h12-18,20H,2-11H2,1H3. The van der Waals surface area contributed by atoms with Crippen LogP contribution in [0.1, 0.15) is 51.4 Å². The normalized spacial score (nSPS) is 49.6. The van der Waals surface area contributed by atoms with Gasteiger partial charge in [0, 0.05) is 6.04 Å². The van der Waals surface area contributed by atoms with Gasteiger partial charge >= 0.3 is 0 Å². The van der Waals surface area contributed by atoms with Crippen molar-refractivity contribution in [3.8, 4) is 0 Å². The first-order valence-corrected chi connectivity index (χ1v) is 9.32. The first-order valence-electron chi connectivity index (χ1n) is 9.32. The Morgan fingerprint density at radius 3 is 2.50 bits per heavy atom. The van der Waals surface area contributed by atoms with Crippen LogP contribution in [0.5, 0.6) is 0 Å². The van der Waals surface area contributed by atoms with E-state index in [-0.39, 0.29) is 6.10 Å². The van der Waals surface area contributed by atoms with Crippen molar-refractivity contribution < 1.29 is 14.6 Å². The van der Waals surface area contributed by atoms with Gasteiger partial charge in [0.2, 0.25) is 0 Å². The fourth-order valence-corrected chi connectivity index (χ4v) is 5.54. The van der Waals surface area contributed by atoms with E-state index in [0.717, 1.165) is 30.6 Å². The van der Waals surface area contributed by atoms with E-state index < -0.39 is 0 Å². The molecule has 2 saturated heterocycles. The molecule has 22 heavy (non-hydrogen) atoms. The zero-order chi connectivity index (χ0) is 15.1. The fourth-order valence-electron chi connectivity index (χ4n) is 5.54. The van der Waals surface area contributed by atoms with Crippen molar-refractivity contribution in [1.82, 2.24) is 4.90 Å². The van der Waals surface area contributed by atoms with Gasteiger partial charge in [0.15, 0.2) is 0 Å². The van der Waals surface area contributed by atoms with Crippen LogP contribution in [-0.2, 0) is 9.47 Å². The van der Waals surface area contributed by atoms with Gasteiger partial charge in [0.25, 0.3) is 0 Å². The molecule has 1 N–H and O–H groups in total. The third kappa shape index (κ3) is 2.95. The summed E-state index contributed by atoms with van der Waals surface area (Å²) < 4.78 is 11.6. The van der Waals surface area contributed by atoms with Crippen molar-refractivity contribution in [3.63, 3.8) is 0 Å². The smallest absolute Gasteiger partial charge is 0.147 e. The number of piperidine rings is 1. The van der Waals surface area contributed by atoms with Gasteiger partial charge in [-0.1, -0.05) is 0 Å². The molecule has 5 unspecified atom stereocenters. The molecule has 0 amide bonds. The van der Waals surface area contributed by atoms with Crippen molar-refractivity contribution in [2.24, 2.45) is 17.8 Å². The number of ether oxygens (including phenoxy) is 2. The predicted octanol–water partition coefficient (Wildman–Crippen LogP) is 2.40. The highest BCUT2D eigenvalue weighted by Crippen LogP contribution is 2.45. The maximum Gasteiger partial charge on any atom is 0.147 e. The number of aliphatic hydroxyl groups is 1. The zero-order valence-corrected chi connectivity index (χ0v) is 13.8. The van der Waals surface area contributed by atoms with Gasteiger partial charge in [0.1, 0.15) is 6.79 Å². The molecule has 2 aliphatic carbocycles. The van der Waals surface area contributed by atoms with Crippen molar-refractivity contribution in [2.75, 3.05) is 20.4 Å². The fraction of sp³-hybridized carbons (Fsp3) is 1.00. The molecular formula is C18H31NO3. The van der Waals surface area contributed by atoms with Crippen LogP contribution in [0.25, 0.3) is 0 Å². The lowest BCUT2D eigenvalue weighted by Crippen LogP contribution is -2.53. The van der Waals surface area contributed by atoms with E-state index in [1.54, 1.807) is 0 Å². The van der Waals surface area contributed by atoms with E-state index >= 15 is 0 Å². The molecule has 4 nitrogen and oxygen atoms in total. The average Bonchev–Trinajstić information content (AvgIpc) is 2.97. The molecular weight excluding hydrogens is 278 g/mol. The first-order chi connectivity index (χ1) is 10.7. The van der Waals surface area contributed by atoms with Crippen molar-refractivity contribution in [2.45, 2.75) is 75.7 Å². The maximum absolute atomic E-state index is 9.73. The van der Waals surface area contributed by atoms with E-state index in [1.165, 1.54) is 45.1 Å². The monoisotopic (exact) mass is 309 g/mol. The van der Waals surface area contributed by atoms with Crippen LogP contribution < -0.4 is 0 Å². The van der Waals surface area contributed by atoms with Crippen LogP contribution in [0.3, 0.4) is 0 Å². The van der Waals surface area contributed by atoms with Crippen LogP contribution in [0.15, 0.2) is 0 Å². The Morgan fingerprint density at radius 2 is 1.73 bits per heavy atom. The Hall–Kier alpha value is -0.160. The molecule has 4 aliphatic rings. The number of hydrogen-bond donors (Lipinski definition) is 1. The average molecular weight is 309 g/mol. The molecule has 0 spiro atoms. The lowest BCUT2D eigenvalue weighted by Gasteiger charge is -2.49. The van der Waals surface area contributed by atoms with E-state index in [2.05, 4.69) is 11.9 Å². The van der Waals surface area contributed by atoms with Gasteiger partial charge in [-0.2, -0.15) is 0 Å².